The first-order valence-electron chi connectivity index (χ1n) is 19.4. The number of halogens is 1. The molecule has 2 fully saturated rings. The fourth-order valence-corrected chi connectivity index (χ4v) is 10.8. The Morgan fingerprint density at radius 2 is 2.00 bits per heavy atom. The highest BCUT2D eigenvalue weighted by Crippen LogP contribution is 2.52. The number of aryl methyl sites for hydroxylation is 2. The van der Waals surface area contributed by atoms with E-state index < -0.39 is 0 Å². The Hall–Kier alpha value is -3.61. The monoisotopic (exact) mass is 707 g/mol. The van der Waals surface area contributed by atoms with Crippen LogP contribution in [0.15, 0.2) is 18.7 Å². The minimum absolute atomic E-state index is 0.152. The number of hydrogen-bond acceptors (Lipinski definition) is 8. The van der Waals surface area contributed by atoms with Gasteiger partial charge in [-0.2, -0.15) is 10.4 Å². The van der Waals surface area contributed by atoms with Crippen molar-refractivity contribution in [2.45, 2.75) is 121 Å². The molecule has 5 aliphatic rings. The van der Waals surface area contributed by atoms with E-state index in [0.29, 0.717) is 28.7 Å². The van der Waals surface area contributed by atoms with Gasteiger partial charge in [0.1, 0.15) is 23.4 Å². The molecule has 1 spiro atoms. The van der Waals surface area contributed by atoms with Crippen LogP contribution in [0.3, 0.4) is 0 Å². The van der Waals surface area contributed by atoms with E-state index in [-0.39, 0.29) is 11.0 Å². The van der Waals surface area contributed by atoms with Crippen LogP contribution in [0.25, 0.3) is 5.70 Å². The number of benzene rings is 1. The summed E-state index contributed by atoms with van der Waals surface area (Å²) in [6.45, 7) is 13.7. The number of fused-ring (bicyclic) bond motifs is 5. The van der Waals surface area contributed by atoms with Crippen molar-refractivity contribution >= 4 is 28.8 Å². The second-order valence-corrected chi connectivity index (χ2v) is 17.0. The van der Waals surface area contributed by atoms with Crippen LogP contribution in [0.2, 0.25) is 5.02 Å². The minimum Gasteiger partial charge on any atom is -0.398 e. The highest BCUT2D eigenvalue weighted by Gasteiger charge is 2.48. The van der Waals surface area contributed by atoms with E-state index >= 15 is 0 Å². The van der Waals surface area contributed by atoms with Crippen molar-refractivity contribution in [3.63, 3.8) is 0 Å². The molecule has 10 heteroatoms. The van der Waals surface area contributed by atoms with Crippen LogP contribution < -0.4 is 10.6 Å². The fraction of sp³-hybridized carbons (Fsp3) is 0.610. The number of aromatic nitrogens is 4. The van der Waals surface area contributed by atoms with Gasteiger partial charge < -0.3 is 15.5 Å². The molecular weight excluding hydrogens is 654 g/mol. The van der Waals surface area contributed by atoms with Crippen LogP contribution in [0.5, 0.6) is 0 Å². The van der Waals surface area contributed by atoms with Crippen molar-refractivity contribution in [2.24, 2.45) is 5.92 Å². The zero-order chi connectivity index (χ0) is 35.7. The van der Waals surface area contributed by atoms with Gasteiger partial charge in [0.05, 0.1) is 34.2 Å². The van der Waals surface area contributed by atoms with Crippen LogP contribution in [-0.2, 0) is 37.8 Å². The van der Waals surface area contributed by atoms with E-state index in [9.17, 15) is 5.26 Å². The summed E-state index contributed by atoms with van der Waals surface area (Å²) in [5.41, 5.74) is 15.4. The molecular formula is C41H54ClN9. The van der Waals surface area contributed by atoms with E-state index in [1.807, 2.05) is 25.1 Å². The Morgan fingerprint density at radius 1 is 1.16 bits per heavy atom. The number of nitriles is 1. The second-order valence-electron chi connectivity index (χ2n) is 16.6. The van der Waals surface area contributed by atoms with Crippen LogP contribution in [0.4, 0.5) is 11.5 Å². The van der Waals surface area contributed by atoms with Gasteiger partial charge in [0.2, 0.25) is 0 Å². The van der Waals surface area contributed by atoms with Crippen molar-refractivity contribution in [1.82, 2.24) is 29.5 Å². The lowest BCUT2D eigenvalue weighted by atomic mass is 9.59. The summed E-state index contributed by atoms with van der Waals surface area (Å²) in [6.07, 6.45) is 12.9. The van der Waals surface area contributed by atoms with Gasteiger partial charge in [-0.15, -0.1) is 0 Å². The summed E-state index contributed by atoms with van der Waals surface area (Å²) in [6, 6.07) is 6.66. The minimum atomic E-state index is -0.152. The van der Waals surface area contributed by atoms with Crippen molar-refractivity contribution in [3.05, 3.63) is 68.9 Å². The molecule has 3 aliphatic heterocycles. The predicted molar refractivity (Wildman–Crippen MR) is 205 cm³/mol. The molecule has 4 unspecified atom stereocenters. The van der Waals surface area contributed by atoms with Gasteiger partial charge in [0.25, 0.3) is 0 Å². The van der Waals surface area contributed by atoms with Crippen LogP contribution in [-0.4, -0.2) is 68.8 Å². The Kier molecular flexibility index (Phi) is 8.86. The maximum atomic E-state index is 10.4. The number of anilines is 2. The molecule has 4 atom stereocenters. The number of hydrogen-bond donors (Lipinski definition) is 1. The molecule has 1 aromatic carbocycles. The summed E-state index contributed by atoms with van der Waals surface area (Å²) >= 11 is 7.11. The third-order valence-electron chi connectivity index (χ3n) is 13.5. The molecule has 9 nitrogen and oxygen atoms in total. The first-order chi connectivity index (χ1) is 24.6. The van der Waals surface area contributed by atoms with Crippen LogP contribution in [0.1, 0.15) is 123 Å². The van der Waals surface area contributed by atoms with E-state index in [4.69, 9.17) is 32.4 Å². The fourth-order valence-electron chi connectivity index (χ4n) is 10.5. The lowest BCUT2D eigenvalue weighted by molar-refractivity contribution is 0.181. The molecule has 2 saturated heterocycles. The normalized spacial score (nSPS) is 27.0. The third kappa shape index (κ3) is 5.72. The molecule has 0 amide bonds. The van der Waals surface area contributed by atoms with E-state index in [1.54, 1.807) is 0 Å². The average Bonchev–Trinajstić information content (AvgIpc) is 3.72. The summed E-state index contributed by atoms with van der Waals surface area (Å²) in [5, 5.41) is 16.0. The van der Waals surface area contributed by atoms with Crippen molar-refractivity contribution in [3.8, 4) is 6.07 Å². The predicted octanol–water partition coefficient (Wildman–Crippen LogP) is 7.24. The Labute approximate surface area is 308 Å². The summed E-state index contributed by atoms with van der Waals surface area (Å²) in [4.78, 5) is 18.2. The standard InChI is InChI=1S/C41H54ClN9/c1-6-28-21-41(14-7-19-50(41)24-28)17-13-35-45-33-22-40(15-11-26(2)29-9-10-32(44)31(23-43)36(29)40)16-12-30(33)39(46-35)49-18-8-20-51-34(25-49)37(42)38(47-51)27(3)48(4)5/h9-10,26,28H,3,6-8,11-22,24-25,44H2,1-2,4-5H3. The zero-order valence-corrected chi connectivity index (χ0v) is 31.8. The van der Waals surface area contributed by atoms with Gasteiger partial charge in [-0.25, -0.2) is 9.97 Å². The highest BCUT2D eigenvalue weighted by molar-refractivity contribution is 6.32. The Balaban J connectivity index is 1.20. The first-order valence-corrected chi connectivity index (χ1v) is 19.8. The molecule has 8 rings (SSSR count). The quantitative estimate of drug-likeness (QED) is 0.257. The first kappa shape index (κ1) is 34.5. The maximum Gasteiger partial charge on any atom is 0.136 e. The van der Waals surface area contributed by atoms with Gasteiger partial charge in [0, 0.05) is 62.4 Å². The number of rotatable bonds is 7. The Bertz CT molecular complexity index is 1910. The molecule has 2 N–H and O–H groups in total. The van der Waals surface area contributed by atoms with E-state index in [1.165, 1.54) is 55.5 Å². The van der Waals surface area contributed by atoms with Crippen molar-refractivity contribution in [2.75, 3.05) is 44.4 Å². The molecule has 5 heterocycles. The molecule has 0 radical (unpaired) electrons. The van der Waals surface area contributed by atoms with Gasteiger partial charge in [-0.1, -0.05) is 44.5 Å². The van der Waals surface area contributed by atoms with Gasteiger partial charge in [-0.05, 0) is 99.8 Å². The largest absolute Gasteiger partial charge is 0.398 e. The maximum absolute atomic E-state index is 10.4. The molecule has 3 aromatic rings. The SMILES string of the molecule is C=C(c1nn2c(c1Cl)CN(c1nc(CCC34CCCN3CC(CC)C4)nc3c1CCC1(CCC(C)c4ccc(N)c(C#N)c41)C3)CCC2)N(C)C. The lowest BCUT2D eigenvalue weighted by Crippen LogP contribution is -2.40. The van der Waals surface area contributed by atoms with Crippen LogP contribution in [0, 0.1) is 17.2 Å². The second kappa shape index (κ2) is 13.1. The van der Waals surface area contributed by atoms with Gasteiger partial charge >= 0.3 is 0 Å². The summed E-state index contributed by atoms with van der Waals surface area (Å²) in [7, 11) is 3.96. The van der Waals surface area contributed by atoms with Crippen molar-refractivity contribution < 1.29 is 0 Å². The molecule has 0 saturated carbocycles. The highest BCUT2D eigenvalue weighted by atomic mass is 35.5. The van der Waals surface area contributed by atoms with Gasteiger partial charge in [-0.3, -0.25) is 9.58 Å². The van der Waals surface area contributed by atoms with Crippen LogP contribution >= 0.6 is 11.6 Å². The average molecular weight is 708 g/mol. The number of nitrogen functional groups attached to an aromatic ring is 1. The smallest absolute Gasteiger partial charge is 0.136 e. The molecule has 2 aliphatic carbocycles. The zero-order valence-electron chi connectivity index (χ0n) is 31.1. The third-order valence-corrected chi connectivity index (χ3v) is 13.9. The summed E-state index contributed by atoms with van der Waals surface area (Å²) in [5.74, 6) is 3.23. The number of nitrogens with two attached hydrogens (primary N) is 1. The number of nitrogens with zero attached hydrogens (tertiary/aromatic N) is 8. The van der Waals surface area contributed by atoms with Crippen molar-refractivity contribution in [1.29, 1.82) is 5.26 Å². The summed E-state index contributed by atoms with van der Waals surface area (Å²) < 4.78 is 2.09. The molecule has 2 aromatic heterocycles. The van der Waals surface area contributed by atoms with E-state index in [2.05, 4.69) is 47.0 Å². The molecule has 51 heavy (non-hydrogen) atoms. The van der Waals surface area contributed by atoms with E-state index in [0.717, 1.165) is 105 Å². The molecule has 270 valence electrons. The topological polar surface area (TPSA) is 103 Å². The Morgan fingerprint density at radius 3 is 2.78 bits per heavy atom. The molecule has 0 bridgehead atoms. The lowest BCUT2D eigenvalue weighted by Gasteiger charge is -2.45. The van der Waals surface area contributed by atoms with Gasteiger partial charge in [0.15, 0.2) is 0 Å².